The zero-order chi connectivity index (χ0) is 20.6. The maximum atomic E-state index is 10.9. The molecule has 0 fully saturated rings. The Kier molecular flexibility index (Phi) is 6.47. The number of methoxy groups -OCH3 is 2. The summed E-state index contributed by atoms with van der Waals surface area (Å²) in [7, 11) is 3.22. The molecule has 0 aliphatic carbocycles. The van der Waals surface area contributed by atoms with E-state index in [0.29, 0.717) is 29.8 Å². The smallest absolute Gasteiger partial charge is 0.335 e. The summed E-state index contributed by atoms with van der Waals surface area (Å²) in [6, 6.07) is 14.0. The lowest BCUT2D eigenvalue weighted by Gasteiger charge is -2.11. The third-order valence-corrected chi connectivity index (χ3v) is 4.20. The molecule has 0 saturated heterocycles. The van der Waals surface area contributed by atoms with E-state index in [-0.39, 0.29) is 5.56 Å². The molecule has 0 atom stereocenters. The molecule has 0 bridgehead atoms. The molecule has 0 aliphatic rings. The van der Waals surface area contributed by atoms with Gasteiger partial charge in [0.15, 0.2) is 11.5 Å². The first kappa shape index (κ1) is 19.9. The van der Waals surface area contributed by atoms with Crippen molar-refractivity contribution in [2.45, 2.75) is 6.42 Å². The lowest BCUT2D eigenvalue weighted by Crippen LogP contribution is -2.09. The maximum absolute atomic E-state index is 10.9. The molecule has 0 spiro atoms. The Morgan fingerprint density at radius 1 is 1.03 bits per heavy atom. The van der Waals surface area contributed by atoms with Crippen molar-refractivity contribution < 1.29 is 19.4 Å². The zero-order valence-corrected chi connectivity index (χ0v) is 16.2. The highest BCUT2D eigenvalue weighted by Crippen LogP contribution is 2.27. The Morgan fingerprint density at radius 2 is 1.79 bits per heavy atom. The molecular weight excluding hydrogens is 372 g/mol. The minimum absolute atomic E-state index is 0.232. The van der Waals surface area contributed by atoms with E-state index in [0.717, 1.165) is 17.7 Å². The highest BCUT2D eigenvalue weighted by molar-refractivity contribution is 5.88. The van der Waals surface area contributed by atoms with E-state index in [1.807, 2.05) is 18.2 Å². The van der Waals surface area contributed by atoms with Crippen LogP contribution in [0.5, 0.6) is 11.5 Å². The van der Waals surface area contributed by atoms with Gasteiger partial charge in [0.25, 0.3) is 0 Å². The molecule has 8 heteroatoms. The van der Waals surface area contributed by atoms with E-state index >= 15 is 0 Å². The summed E-state index contributed by atoms with van der Waals surface area (Å²) in [6.07, 6.45) is 2.41. The number of benzene rings is 2. The summed E-state index contributed by atoms with van der Waals surface area (Å²) in [6.45, 7) is 0.645. The van der Waals surface area contributed by atoms with Crippen molar-refractivity contribution in [3.63, 3.8) is 0 Å². The SMILES string of the molecule is COc1ccc(CCNc2nccc(Nc3ccc(C(=O)O)cc3)n2)cc1OC. The summed E-state index contributed by atoms with van der Waals surface area (Å²) in [5.41, 5.74) is 2.07. The molecule has 1 aromatic heterocycles. The van der Waals surface area contributed by atoms with Crippen molar-refractivity contribution in [3.8, 4) is 11.5 Å². The molecule has 0 unspecified atom stereocenters. The van der Waals surface area contributed by atoms with Crippen molar-refractivity contribution >= 4 is 23.4 Å². The highest BCUT2D eigenvalue weighted by Gasteiger charge is 2.06. The van der Waals surface area contributed by atoms with E-state index in [4.69, 9.17) is 14.6 Å². The Bertz CT molecular complexity index is 977. The van der Waals surface area contributed by atoms with Crippen molar-refractivity contribution in [2.24, 2.45) is 0 Å². The molecule has 0 amide bonds. The number of nitrogens with zero attached hydrogens (tertiary/aromatic N) is 2. The number of carbonyl (C=O) groups is 1. The largest absolute Gasteiger partial charge is 0.493 e. The van der Waals surface area contributed by atoms with Crippen molar-refractivity contribution in [1.82, 2.24) is 9.97 Å². The van der Waals surface area contributed by atoms with Crippen LogP contribution in [0.25, 0.3) is 0 Å². The summed E-state index contributed by atoms with van der Waals surface area (Å²) < 4.78 is 10.6. The number of anilines is 3. The van der Waals surface area contributed by atoms with Gasteiger partial charge in [0, 0.05) is 18.4 Å². The number of nitrogens with one attached hydrogen (secondary N) is 2. The van der Waals surface area contributed by atoms with E-state index in [1.165, 1.54) is 12.1 Å². The van der Waals surface area contributed by atoms with Crippen molar-refractivity contribution in [2.75, 3.05) is 31.4 Å². The Balaban J connectivity index is 1.58. The van der Waals surface area contributed by atoms with Gasteiger partial charge in [0.2, 0.25) is 5.95 Å². The number of hydrogen-bond acceptors (Lipinski definition) is 7. The summed E-state index contributed by atoms with van der Waals surface area (Å²) in [5, 5.41) is 15.3. The maximum Gasteiger partial charge on any atom is 0.335 e. The molecule has 150 valence electrons. The quantitative estimate of drug-likeness (QED) is 0.506. The van der Waals surface area contributed by atoms with Gasteiger partial charge in [0.05, 0.1) is 19.8 Å². The van der Waals surface area contributed by atoms with E-state index < -0.39 is 5.97 Å². The second-order valence-electron chi connectivity index (χ2n) is 6.14. The Hall–Kier alpha value is -3.81. The molecule has 0 saturated carbocycles. The molecule has 0 aliphatic heterocycles. The van der Waals surface area contributed by atoms with Crippen molar-refractivity contribution in [1.29, 1.82) is 0 Å². The van der Waals surface area contributed by atoms with E-state index in [9.17, 15) is 4.79 Å². The predicted molar refractivity (Wildman–Crippen MR) is 110 cm³/mol. The van der Waals surface area contributed by atoms with Crippen LogP contribution >= 0.6 is 0 Å². The predicted octanol–water partition coefficient (Wildman–Crippen LogP) is 3.59. The van der Waals surface area contributed by atoms with Crippen LogP contribution in [-0.2, 0) is 6.42 Å². The first-order valence-electron chi connectivity index (χ1n) is 8.97. The number of rotatable bonds is 9. The molecule has 3 aromatic rings. The Morgan fingerprint density at radius 3 is 2.48 bits per heavy atom. The van der Waals surface area contributed by atoms with E-state index in [2.05, 4.69) is 20.6 Å². The fourth-order valence-corrected chi connectivity index (χ4v) is 2.71. The number of carboxylic acid groups (broad SMARTS) is 1. The van der Waals surface area contributed by atoms with Crippen LogP contribution < -0.4 is 20.1 Å². The average Bonchev–Trinajstić information content (AvgIpc) is 2.74. The third kappa shape index (κ3) is 5.35. The minimum Gasteiger partial charge on any atom is -0.493 e. The normalized spacial score (nSPS) is 10.3. The van der Waals surface area contributed by atoms with Gasteiger partial charge in [-0.25, -0.2) is 9.78 Å². The van der Waals surface area contributed by atoms with Gasteiger partial charge in [-0.3, -0.25) is 0 Å². The molecule has 3 rings (SSSR count). The first-order valence-corrected chi connectivity index (χ1v) is 8.97. The lowest BCUT2D eigenvalue weighted by atomic mass is 10.1. The van der Waals surface area contributed by atoms with Crippen LogP contribution in [0, 0.1) is 0 Å². The average molecular weight is 394 g/mol. The highest BCUT2D eigenvalue weighted by atomic mass is 16.5. The van der Waals surface area contributed by atoms with Crippen LogP contribution in [0.15, 0.2) is 54.7 Å². The number of carboxylic acids is 1. The summed E-state index contributed by atoms with van der Waals surface area (Å²) in [5.74, 6) is 1.54. The van der Waals surface area contributed by atoms with Crippen LogP contribution in [0.3, 0.4) is 0 Å². The number of hydrogen-bond donors (Lipinski definition) is 3. The van der Waals surface area contributed by atoms with Crippen LogP contribution in [0.1, 0.15) is 15.9 Å². The summed E-state index contributed by atoms with van der Waals surface area (Å²) >= 11 is 0. The minimum atomic E-state index is -0.959. The topological polar surface area (TPSA) is 106 Å². The molecule has 0 radical (unpaired) electrons. The van der Waals surface area contributed by atoms with Gasteiger partial charge in [-0.2, -0.15) is 4.98 Å². The van der Waals surface area contributed by atoms with Crippen molar-refractivity contribution in [3.05, 3.63) is 65.9 Å². The van der Waals surface area contributed by atoms with Crippen LogP contribution in [-0.4, -0.2) is 41.8 Å². The third-order valence-electron chi connectivity index (χ3n) is 4.20. The number of aromatic carboxylic acids is 1. The zero-order valence-electron chi connectivity index (χ0n) is 16.2. The number of aromatic nitrogens is 2. The first-order chi connectivity index (χ1) is 14.1. The molecule has 2 aromatic carbocycles. The molecule has 29 heavy (non-hydrogen) atoms. The molecule has 8 nitrogen and oxygen atoms in total. The van der Waals surface area contributed by atoms with Gasteiger partial charge in [-0.05, 0) is 54.4 Å². The summed E-state index contributed by atoms with van der Waals surface area (Å²) in [4.78, 5) is 19.6. The van der Waals surface area contributed by atoms with Crippen LogP contribution in [0.2, 0.25) is 0 Å². The van der Waals surface area contributed by atoms with Gasteiger partial charge < -0.3 is 25.2 Å². The van der Waals surface area contributed by atoms with Gasteiger partial charge in [0.1, 0.15) is 5.82 Å². The standard InChI is InChI=1S/C21H22N4O4/c1-28-17-8-3-14(13-18(17)29-2)9-11-22-21-23-12-10-19(25-21)24-16-6-4-15(5-7-16)20(26)27/h3-8,10,12-13H,9,11H2,1-2H3,(H,26,27)(H2,22,23,24,25). The second kappa shape index (κ2) is 9.41. The monoisotopic (exact) mass is 394 g/mol. The fraction of sp³-hybridized carbons (Fsp3) is 0.190. The van der Waals surface area contributed by atoms with E-state index in [1.54, 1.807) is 38.6 Å². The van der Waals surface area contributed by atoms with Gasteiger partial charge >= 0.3 is 5.97 Å². The second-order valence-corrected chi connectivity index (χ2v) is 6.14. The molecule has 1 heterocycles. The van der Waals surface area contributed by atoms with Gasteiger partial charge in [-0.1, -0.05) is 6.07 Å². The lowest BCUT2D eigenvalue weighted by molar-refractivity contribution is 0.0697. The van der Waals surface area contributed by atoms with Crippen LogP contribution in [0.4, 0.5) is 17.5 Å². The molecule has 3 N–H and O–H groups in total. The molecular formula is C21H22N4O4. The Labute approximate surface area is 168 Å². The fourth-order valence-electron chi connectivity index (χ4n) is 2.71. The number of ether oxygens (including phenoxy) is 2. The van der Waals surface area contributed by atoms with Gasteiger partial charge in [-0.15, -0.1) is 0 Å².